The number of aryl methyl sites for hydroxylation is 1. The molecule has 1 aliphatic rings. The molecule has 156 valence electrons. The number of nitrogens with one attached hydrogen (secondary N) is 1. The highest BCUT2D eigenvalue weighted by atomic mass is 35.5. The maximum absolute atomic E-state index is 13.5. The molecule has 0 fully saturated rings. The lowest BCUT2D eigenvalue weighted by atomic mass is 10.0. The van der Waals surface area contributed by atoms with Crippen molar-refractivity contribution in [2.75, 3.05) is 29.2 Å². The predicted molar refractivity (Wildman–Crippen MR) is 126 cm³/mol. The van der Waals surface area contributed by atoms with Crippen LogP contribution in [0.2, 0.25) is 5.02 Å². The van der Waals surface area contributed by atoms with E-state index in [9.17, 15) is 9.59 Å². The Bertz CT molecular complexity index is 1180. The average molecular weight is 432 g/mol. The van der Waals surface area contributed by atoms with Gasteiger partial charge in [0.25, 0.3) is 11.8 Å². The summed E-state index contributed by atoms with van der Waals surface area (Å²) >= 11 is 6.04. The van der Waals surface area contributed by atoms with Gasteiger partial charge in [0.05, 0.1) is 11.3 Å². The van der Waals surface area contributed by atoms with Gasteiger partial charge in [0.2, 0.25) is 0 Å². The average Bonchev–Trinajstić information content (AvgIpc) is 3.00. The number of anilines is 3. The number of nitrogens with zero attached hydrogens (tertiary/aromatic N) is 2. The van der Waals surface area contributed by atoms with E-state index in [1.807, 2.05) is 68.4 Å². The molecular weight excluding hydrogens is 410 g/mol. The summed E-state index contributed by atoms with van der Waals surface area (Å²) in [7, 11) is 3.82. The minimum Gasteiger partial charge on any atom is -0.378 e. The Balaban J connectivity index is 1.81. The molecule has 1 N–H and O–H groups in total. The van der Waals surface area contributed by atoms with Gasteiger partial charge < -0.3 is 10.2 Å². The van der Waals surface area contributed by atoms with Crippen LogP contribution >= 0.6 is 11.6 Å². The minimum atomic E-state index is -0.397. The van der Waals surface area contributed by atoms with Gasteiger partial charge in [0, 0.05) is 30.5 Å². The molecule has 0 radical (unpaired) electrons. The van der Waals surface area contributed by atoms with Crippen LogP contribution in [0.25, 0.3) is 5.57 Å². The Kier molecular flexibility index (Phi) is 5.53. The molecule has 0 saturated heterocycles. The number of hydrogen-bond acceptors (Lipinski definition) is 4. The van der Waals surface area contributed by atoms with E-state index in [-0.39, 0.29) is 11.6 Å². The lowest BCUT2D eigenvalue weighted by molar-refractivity contribution is -0.120. The molecular formula is C25H22ClN3O2. The minimum absolute atomic E-state index is 0.242. The van der Waals surface area contributed by atoms with Gasteiger partial charge in [-0.15, -0.1) is 0 Å². The Morgan fingerprint density at radius 2 is 1.55 bits per heavy atom. The summed E-state index contributed by atoms with van der Waals surface area (Å²) in [6.45, 7) is 1.99. The van der Waals surface area contributed by atoms with Crippen LogP contribution in [0, 0.1) is 6.92 Å². The fraction of sp³-hybridized carbons (Fsp3) is 0.120. The third kappa shape index (κ3) is 4.05. The van der Waals surface area contributed by atoms with Crippen LogP contribution in [0.5, 0.6) is 0 Å². The van der Waals surface area contributed by atoms with E-state index >= 15 is 0 Å². The van der Waals surface area contributed by atoms with Crippen molar-refractivity contribution >= 4 is 46.1 Å². The van der Waals surface area contributed by atoms with Gasteiger partial charge in [-0.25, -0.2) is 4.90 Å². The standard InChI is InChI=1S/C25H22ClN3O2/c1-16-7-13-19(14-8-16)27-23-22(17-9-11-18(26)12-10-17)24(30)29(25(23)31)21-6-4-5-20(15-21)28(2)3/h4-15,27H,1-3H3. The second kappa shape index (κ2) is 8.28. The third-order valence-electron chi connectivity index (χ3n) is 5.14. The van der Waals surface area contributed by atoms with Crippen LogP contribution in [-0.2, 0) is 9.59 Å². The molecule has 0 aromatic heterocycles. The highest BCUT2D eigenvalue weighted by Gasteiger charge is 2.40. The zero-order valence-electron chi connectivity index (χ0n) is 17.5. The number of rotatable bonds is 5. The highest BCUT2D eigenvalue weighted by Crippen LogP contribution is 2.35. The molecule has 6 heteroatoms. The van der Waals surface area contributed by atoms with Crippen molar-refractivity contribution in [3.8, 4) is 0 Å². The smallest absolute Gasteiger partial charge is 0.282 e. The number of amides is 2. The van der Waals surface area contributed by atoms with Gasteiger partial charge >= 0.3 is 0 Å². The van der Waals surface area contributed by atoms with Crippen LogP contribution in [-0.4, -0.2) is 25.9 Å². The molecule has 1 heterocycles. The van der Waals surface area contributed by atoms with Crippen molar-refractivity contribution in [2.24, 2.45) is 0 Å². The van der Waals surface area contributed by atoms with Crippen molar-refractivity contribution in [3.63, 3.8) is 0 Å². The monoisotopic (exact) mass is 431 g/mol. The Hall–Kier alpha value is -3.57. The lowest BCUT2D eigenvalue weighted by Gasteiger charge is -2.19. The van der Waals surface area contributed by atoms with Gasteiger partial charge in [-0.05, 0) is 55.0 Å². The van der Waals surface area contributed by atoms with Gasteiger partial charge in [-0.1, -0.05) is 47.5 Å². The first kappa shape index (κ1) is 20.7. The van der Waals surface area contributed by atoms with E-state index in [4.69, 9.17) is 11.6 Å². The fourth-order valence-corrected chi connectivity index (χ4v) is 3.58. The van der Waals surface area contributed by atoms with Crippen molar-refractivity contribution < 1.29 is 9.59 Å². The van der Waals surface area contributed by atoms with Crippen LogP contribution < -0.4 is 15.1 Å². The summed E-state index contributed by atoms with van der Waals surface area (Å²) in [5.41, 5.74) is 4.44. The summed E-state index contributed by atoms with van der Waals surface area (Å²) in [4.78, 5) is 30.1. The molecule has 31 heavy (non-hydrogen) atoms. The van der Waals surface area contributed by atoms with Crippen LogP contribution in [0.3, 0.4) is 0 Å². The first-order valence-corrected chi connectivity index (χ1v) is 10.2. The molecule has 0 aliphatic carbocycles. The number of carbonyl (C=O) groups is 2. The Labute approximate surface area is 186 Å². The molecule has 0 unspecified atom stereocenters. The van der Waals surface area contributed by atoms with Gasteiger partial charge in [-0.2, -0.15) is 0 Å². The molecule has 0 spiro atoms. The summed E-state index contributed by atoms with van der Waals surface area (Å²) in [5, 5.41) is 3.73. The summed E-state index contributed by atoms with van der Waals surface area (Å²) in [5.74, 6) is -0.774. The Morgan fingerprint density at radius 1 is 0.871 bits per heavy atom. The van der Waals surface area contributed by atoms with Gasteiger partial charge in [0.15, 0.2) is 0 Å². The largest absolute Gasteiger partial charge is 0.378 e. The molecule has 1 aliphatic heterocycles. The number of carbonyl (C=O) groups excluding carboxylic acids is 2. The topological polar surface area (TPSA) is 52.7 Å². The fourth-order valence-electron chi connectivity index (χ4n) is 3.46. The normalized spacial score (nSPS) is 13.7. The van der Waals surface area contributed by atoms with E-state index in [1.165, 1.54) is 4.90 Å². The maximum atomic E-state index is 13.5. The quantitative estimate of drug-likeness (QED) is 0.570. The maximum Gasteiger partial charge on any atom is 0.282 e. The lowest BCUT2D eigenvalue weighted by Crippen LogP contribution is -2.32. The van der Waals surface area contributed by atoms with E-state index < -0.39 is 5.91 Å². The third-order valence-corrected chi connectivity index (χ3v) is 5.39. The van der Waals surface area contributed by atoms with Crippen molar-refractivity contribution in [1.82, 2.24) is 0 Å². The molecule has 0 bridgehead atoms. The first-order valence-electron chi connectivity index (χ1n) is 9.85. The SMILES string of the molecule is Cc1ccc(NC2=C(c3ccc(Cl)cc3)C(=O)N(c3cccc(N(C)C)c3)C2=O)cc1. The Morgan fingerprint density at radius 3 is 2.19 bits per heavy atom. The van der Waals surface area contributed by atoms with E-state index in [0.29, 0.717) is 21.8 Å². The van der Waals surface area contributed by atoms with Crippen LogP contribution in [0.15, 0.2) is 78.5 Å². The highest BCUT2D eigenvalue weighted by molar-refractivity contribution is 6.46. The molecule has 5 nitrogen and oxygen atoms in total. The van der Waals surface area contributed by atoms with Crippen LogP contribution in [0.1, 0.15) is 11.1 Å². The number of halogens is 1. The van der Waals surface area contributed by atoms with Crippen LogP contribution in [0.4, 0.5) is 17.1 Å². The molecule has 2 amide bonds. The number of benzene rings is 3. The molecule has 0 atom stereocenters. The van der Waals surface area contributed by atoms with Crippen molar-refractivity contribution in [2.45, 2.75) is 6.92 Å². The summed E-state index contributed by atoms with van der Waals surface area (Å²) < 4.78 is 0. The number of hydrogen-bond donors (Lipinski definition) is 1. The first-order chi connectivity index (χ1) is 14.8. The van der Waals surface area contributed by atoms with Crippen molar-refractivity contribution in [1.29, 1.82) is 0 Å². The second-order valence-corrected chi connectivity index (χ2v) is 8.04. The van der Waals surface area contributed by atoms with Gasteiger partial charge in [0.1, 0.15) is 5.70 Å². The summed E-state index contributed by atoms with van der Waals surface area (Å²) in [6.07, 6.45) is 0. The second-order valence-electron chi connectivity index (χ2n) is 7.61. The van der Waals surface area contributed by atoms with Crippen molar-refractivity contribution in [3.05, 3.63) is 94.6 Å². The predicted octanol–water partition coefficient (Wildman–Crippen LogP) is 5.11. The molecule has 4 rings (SSSR count). The van der Waals surface area contributed by atoms with E-state index in [2.05, 4.69) is 5.32 Å². The molecule has 3 aromatic rings. The zero-order valence-corrected chi connectivity index (χ0v) is 18.3. The zero-order chi connectivity index (χ0) is 22.1. The van der Waals surface area contributed by atoms with E-state index in [1.54, 1.807) is 30.3 Å². The summed E-state index contributed by atoms with van der Waals surface area (Å²) in [6, 6.07) is 21.9. The number of imide groups is 1. The van der Waals surface area contributed by atoms with Gasteiger partial charge in [-0.3, -0.25) is 9.59 Å². The van der Waals surface area contributed by atoms with E-state index in [0.717, 1.165) is 16.9 Å². The molecule has 3 aromatic carbocycles. The molecule has 0 saturated carbocycles.